The van der Waals surface area contributed by atoms with Crippen LogP contribution in [-0.4, -0.2) is 20.6 Å². The molecule has 2 aromatic carbocycles. The van der Waals surface area contributed by atoms with Crippen LogP contribution in [0.2, 0.25) is 0 Å². The van der Waals surface area contributed by atoms with Crippen LogP contribution in [0.25, 0.3) is 11.0 Å². The zero-order valence-electron chi connectivity index (χ0n) is 10.1. The maximum atomic E-state index is 11.6. The van der Waals surface area contributed by atoms with Crippen LogP contribution in [0, 0.1) is 0 Å². The van der Waals surface area contributed by atoms with Gasteiger partial charge in [0.15, 0.2) is 6.04 Å². The molecule has 1 aromatic heterocycles. The lowest BCUT2D eigenvalue weighted by atomic mass is 10.1. The minimum Gasteiger partial charge on any atom is -0.479 e. The number of aromatic nitrogens is 2. The normalized spacial score (nSPS) is 12.4. The summed E-state index contributed by atoms with van der Waals surface area (Å²) < 4.78 is 1.69. The number of carboxylic acids is 1. The molecule has 1 atom stereocenters. The van der Waals surface area contributed by atoms with E-state index in [9.17, 15) is 9.90 Å². The van der Waals surface area contributed by atoms with Gasteiger partial charge in [-0.05, 0) is 17.7 Å². The molecule has 3 aromatic rings. The lowest BCUT2D eigenvalue weighted by Gasteiger charge is -2.15. The van der Waals surface area contributed by atoms with E-state index in [1.54, 1.807) is 10.9 Å². The van der Waals surface area contributed by atoms with Gasteiger partial charge in [0.05, 0.1) is 17.4 Å². The van der Waals surface area contributed by atoms with Gasteiger partial charge in [0.2, 0.25) is 0 Å². The van der Waals surface area contributed by atoms with Gasteiger partial charge in [-0.1, -0.05) is 42.5 Å². The molecule has 1 heterocycles. The SMILES string of the molecule is O=C(O)[C@@H](c1ccccc1)n1cnc2ccccc21. The number of hydrogen-bond donors (Lipinski definition) is 1. The molecular weight excluding hydrogens is 240 g/mol. The Labute approximate surface area is 109 Å². The maximum Gasteiger partial charge on any atom is 0.331 e. The second-order valence-electron chi connectivity index (χ2n) is 4.29. The molecule has 0 bridgehead atoms. The third-order valence-corrected chi connectivity index (χ3v) is 3.11. The number of aliphatic carboxylic acids is 1. The molecule has 4 heteroatoms. The Hall–Kier alpha value is -2.62. The standard InChI is InChI=1S/C15H12N2O2/c18-15(19)14(11-6-2-1-3-7-11)17-10-16-12-8-4-5-9-13(12)17/h1-10,14H,(H,18,19)/t14-/m1/s1. The van der Waals surface area contributed by atoms with Gasteiger partial charge in [-0.25, -0.2) is 9.78 Å². The Kier molecular flexibility index (Phi) is 2.76. The largest absolute Gasteiger partial charge is 0.479 e. The number of fused-ring (bicyclic) bond motifs is 1. The van der Waals surface area contributed by atoms with Crippen molar-refractivity contribution >= 4 is 17.0 Å². The van der Waals surface area contributed by atoms with Crippen molar-refractivity contribution in [3.63, 3.8) is 0 Å². The molecular formula is C15H12N2O2. The number of rotatable bonds is 3. The molecule has 4 nitrogen and oxygen atoms in total. The number of carbonyl (C=O) groups is 1. The lowest BCUT2D eigenvalue weighted by molar-refractivity contribution is -0.139. The molecule has 0 saturated heterocycles. The minimum absolute atomic E-state index is 0.734. The van der Waals surface area contributed by atoms with Crippen molar-refractivity contribution in [2.24, 2.45) is 0 Å². The number of imidazole rings is 1. The Bertz CT molecular complexity index is 719. The van der Waals surface area contributed by atoms with Gasteiger partial charge in [0, 0.05) is 0 Å². The van der Waals surface area contributed by atoms with Crippen LogP contribution in [0.1, 0.15) is 11.6 Å². The van der Waals surface area contributed by atoms with E-state index in [0.717, 1.165) is 16.6 Å². The van der Waals surface area contributed by atoms with E-state index >= 15 is 0 Å². The van der Waals surface area contributed by atoms with Crippen LogP contribution in [0.15, 0.2) is 60.9 Å². The van der Waals surface area contributed by atoms with E-state index in [-0.39, 0.29) is 0 Å². The minimum atomic E-state index is -0.894. The Morgan fingerprint density at radius 3 is 2.47 bits per heavy atom. The number of para-hydroxylation sites is 2. The van der Waals surface area contributed by atoms with Crippen molar-refractivity contribution in [1.82, 2.24) is 9.55 Å². The van der Waals surface area contributed by atoms with Gasteiger partial charge in [-0.2, -0.15) is 0 Å². The van der Waals surface area contributed by atoms with Crippen molar-refractivity contribution < 1.29 is 9.90 Å². The summed E-state index contributed by atoms with van der Waals surface area (Å²) in [5, 5.41) is 9.51. The van der Waals surface area contributed by atoms with E-state index in [1.165, 1.54) is 0 Å². The molecule has 0 aliphatic rings. The molecule has 1 N–H and O–H groups in total. The summed E-state index contributed by atoms with van der Waals surface area (Å²) in [5.41, 5.74) is 2.35. The topological polar surface area (TPSA) is 55.1 Å². The molecule has 0 spiro atoms. The van der Waals surface area contributed by atoms with Gasteiger partial charge in [0.1, 0.15) is 0 Å². The maximum absolute atomic E-state index is 11.6. The van der Waals surface area contributed by atoms with Crippen LogP contribution in [0.3, 0.4) is 0 Å². The lowest BCUT2D eigenvalue weighted by Crippen LogP contribution is -2.19. The molecule has 94 valence electrons. The molecule has 19 heavy (non-hydrogen) atoms. The zero-order valence-corrected chi connectivity index (χ0v) is 10.1. The van der Waals surface area contributed by atoms with Crippen molar-refractivity contribution in [1.29, 1.82) is 0 Å². The Morgan fingerprint density at radius 1 is 1.05 bits per heavy atom. The quantitative estimate of drug-likeness (QED) is 0.779. The highest BCUT2D eigenvalue weighted by Crippen LogP contribution is 2.23. The predicted octanol–water partition coefficient (Wildman–Crippen LogP) is 2.71. The second-order valence-corrected chi connectivity index (χ2v) is 4.29. The number of carboxylic acid groups (broad SMARTS) is 1. The average Bonchev–Trinajstić information content (AvgIpc) is 2.84. The van der Waals surface area contributed by atoms with Crippen LogP contribution in [0.5, 0.6) is 0 Å². The van der Waals surface area contributed by atoms with E-state index in [4.69, 9.17) is 0 Å². The third-order valence-electron chi connectivity index (χ3n) is 3.11. The first-order valence-electron chi connectivity index (χ1n) is 5.96. The second kappa shape index (κ2) is 4.57. The van der Waals surface area contributed by atoms with E-state index in [0.29, 0.717) is 0 Å². The summed E-state index contributed by atoms with van der Waals surface area (Å²) in [4.78, 5) is 15.8. The first-order chi connectivity index (χ1) is 9.27. The highest BCUT2D eigenvalue weighted by molar-refractivity contribution is 5.81. The van der Waals surface area contributed by atoms with Crippen molar-refractivity contribution in [3.05, 3.63) is 66.5 Å². The fourth-order valence-electron chi connectivity index (χ4n) is 2.24. The van der Waals surface area contributed by atoms with Crippen molar-refractivity contribution in [3.8, 4) is 0 Å². The Balaban J connectivity index is 2.18. The molecule has 0 amide bonds. The van der Waals surface area contributed by atoms with Gasteiger partial charge < -0.3 is 9.67 Å². The zero-order chi connectivity index (χ0) is 13.2. The monoisotopic (exact) mass is 252 g/mol. The van der Waals surface area contributed by atoms with E-state index in [1.807, 2.05) is 54.6 Å². The van der Waals surface area contributed by atoms with Gasteiger partial charge in [0.25, 0.3) is 0 Å². The number of benzene rings is 2. The molecule has 0 fully saturated rings. The van der Waals surface area contributed by atoms with Crippen molar-refractivity contribution in [2.75, 3.05) is 0 Å². The molecule has 0 radical (unpaired) electrons. The highest BCUT2D eigenvalue weighted by atomic mass is 16.4. The average molecular weight is 252 g/mol. The van der Waals surface area contributed by atoms with Crippen molar-refractivity contribution in [2.45, 2.75) is 6.04 Å². The fraction of sp³-hybridized carbons (Fsp3) is 0.0667. The molecule has 3 rings (SSSR count). The van der Waals surface area contributed by atoms with E-state index in [2.05, 4.69) is 4.98 Å². The van der Waals surface area contributed by atoms with Gasteiger partial charge in [-0.15, -0.1) is 0 Å². The molecule has 0 aliphatic carbocycles. The third kappa shape index (κ3) is 1.97. The summed E-state index contributed by atoms with van der Waals surface area (Å²) in [6.45, 7) is 0. The first kappa shape index (κ1) is 11.5. The van der Waals surface area contributed by atoms with E-state index < -0.39 is 12.0 Å². The first-order valence-corrected chi connectivity index (χ1v) is 5.96. The fourth-order valence-corrected chi connectivity index (χ4v) is 2.24. The predicted molar refractivity (Wildman–Crippen MR) is 71.9 cm³/mol. The molecule has 0 aliphatic heterocycles. The smallest absolute Gasteiger partial charge is 0.331 e. The van der Waals surface area contributed by atoms with Crippen LogP contribution in [-0.2, 0) is 4.79 Å². The van der Waals surface area contributed by atoms with Crippen LogP contribution in [0.4, 0.5) is 0 Å². The number of hydrogen-bond acceptors (Lipinski definition) is 2. The summed E-state index contributed by atoms with van der Waals surface area (Å²) in [7, 11) is 0. The summed E-state index contributed by atoms with van der Waals surface area (Å²) >= 11 is 0. The van der Waals surface area contributed by atoms with Gasteiger partial charge >= 0.3 is 5.97 Å². The summed E-state index contributed by atoms with van der Waals surface area (Å²) in [6, 6.07) is 15.9. The van der Waals surface area contributed by atoms with Crippen LogP contribution >= 0.6 is 0 Å². The molecule has 0 unspecified atom stereocenters. The highest BCUT2D eigenvalue weighted by Gasteiger charge is 2.23. The summed E-state index contributed by atoms with van der Waals surface area (Å²) in [6.07, 6.45) is 1.58. The van der Waals surface area contributed by atoms with Gasteiger partial charge in [-0.3, -0.25) is 0 Å². The van der Waals surface area contributed by atoms with Crippen LogP contribution < -0.4 is 0 Å². The Morgan fingerprint density at radius 2 is 1.74 bits per heavy atom. The molecule has 0 saturated carbocycles. The number of nitrogens with zero attached hydrogens (tertiary/aromatic N) is 2. The summed E-state index contributed by atoms with van der Waals surface area (Å²) in [5.74, 6) is -0.894.